The minimum absolute atomic E-state index is 0.0312. The molecule has 3 fully saturated rings. The van der Waals surface area contributed by atoms with Crippen molar-refractivity contribution in [2.75, 3.05) is 60.6 Å². The number of nitrogens with zero attached hydrogens (tertiary/aromatic N) is 6. The lowest BCUT2D eigenvalue weighted by atomic mass is 9.88. The predicted octanol–water partition coefficient (Wildman–Crippen LogP) is 4.39. The highest BCUT2D eigenvalue weighted by molar-refractivity contribution is 7.91. The quantitative estimate of drug-likeness (QED) is 0.460. The Labute approximate surface area is 277 Å². The fraction of sp³-hybridized carbons (Fsp3) is 0.636. The summed E-state index contributed by atoms with van der Waals surface area (Å²) in [7, 11) is -3.11. The molecule has 1 aromatic heterocycles. The fourth-order valence-electron chi connectivity index (χ4n) is 6.59. The topological polar surface area (TPSA) is 135 Å². The number of benzene rings is 1. The standard InChI is InChI=1S/C33H46N6O7S/c1-21-14-22(23-16-38(17-23)24-8-9-37(18-24)30(40)45-32(2,3)4)15-26-27(21)44-19-25-28(36-10-12-47(42,43)13-11-36)34-20-35-29(25)39(26)31(41)46-33(5,6)7/h14-15,20,23-24H,8-13,16-19H2,1-7H3. The molecule has 0 N–H and O–H groups in total. The van der Waals surface area contributed by atoms with Crippen molar-refractivity contribution in [1.82, 2.24) is 19.8 Å². The van der Waals surface area contributed by atoms with E-state index in [-0.39, 0.29) is 36.2 Å². The number of sulfone groups is 1. The Balaban J connectivity index is 1.27. The molecule has 256 valence electrons. The summed E-state index contributed by atoms with van der Waals surface area (Å²) < 4.78 is 42.2. The number of carbonyl (C=O) groups is 2. The van der Waals surface area contributed by atoms with E-state index < -0.39 is 27.1 Å². The van der Waals surface area contributed by atoms with Crippen LogP contribution in [0.1, 0.15) is 70.6 Å². The lowest BCUT2D eigenvalue weighted by Crippen LogP contribution is -2.52. The molecule has 1 unspecified atom stereocenters. The van der Waals surface area contributed by atoms with Crippen molar-refractivity contribution in [3.63, 3.8) is 0 Å². The molecular weight excluding hydrogens is 624 g/mol. The highest BCUT2D eigenvalue weighted by atomic mass is 32.2. The number of aryl methyl sites for hydroxylation is 1. The molecule has 0 radical (unpaired) electrons. The average Bonchev–Trinajstić information content (AvgIpc) is 3.33. The summed E-state index contributed by atoms with van der Waals surface area (Å²) in [6.45, 7) is 16.7. The monoisotopic (exact) mass is 670 g/mol. The van der Waals surface area contributed by atoms with Crippen LogP contribution in [0.25, 0.3) is 0 Å². The Morgan fingerprint density at radius 3 is 2.19 bits per heavy atom. The van der Waals surface area contributed by atoms with Crippen LogP contribution in [0, 0.1) is 6.92 Å². The van der Waals surface area contributed by atoms with Crippen LogP contribution in [-0.4, -0.2) is 108 Å². The number of hydrogen-bond donors (Lipinski definition) is 0. The molecule has 0 aliphatic carbocycles. The molecule has 0 spiro atoms. The lowest BCUT2D eigenvalue weighted by molar-refractivity contribution is 0.0260. The number of fused-ring (bicyclic) bond motifs is 2. The maximum atomic E-state index is 14.0. The van der Waals surface area contributed by atoms with Gasteiger partial charge in [-0.25, -0.2) is 32.9 Å². The van der Waals surface area contributed by atoms with Crippen molar-refractivity contribution in [3.05, 3.63) is 35.2 Å². The average molecular weight is 671 g/mol. The first-order valence-corrected chi connectivity index (χ1v) is 18.1. The molecule has 6 rings (SSSR count). The summed E-state index contributed by atoms with van der Waals surface area (Å²) in [4.78, 5) is 43.3. The number of rotatable bonds is 3. The van der Waals surface area contributed by atoms with E-state index in [9.17, 15) is 18.0 Å². The second-order valence-electron chi connectivity index (χ2n) is 14.9. The lowest BCUT2D eigenvalue weighted by Gasteiger charge is -2.43. The molecule has 0 bridgehead atoms. The molecule has 4 aliphatic rings. The van der Waals surface area contributed by atoms with Crippen molar-refractivity contribution in [3.8, 4) is 5.75 Å². The van der Waals surface area contributed by atoms with E-state index in [4.69, 9.17) is 14.2 Å². The molecule has 5 heterocycles. The normalized spacial score (nSPS) is 21.7. The van der Waals surface area contributed by atoms with Gasteiger partial charge < -0.3 is 24.0 Å². The van der Waals surface area contributed by atoms with Gasteiger partial charge in [-0.1, -0.05) is 6.07 Å². The molecule has 3 saturated heterocycles. The Morgan fingerprint density at radius 2 is 1.53 bits per heavy atom. The Kier molecular flexibility index (Phi) is 8.56. The second-order valence-corrected chi connectivity index (χ2v) is 17.3. The van der Waals surface area contributed by atoms with E-state index in [2.05, 4.69) is 20.9 Å². The molecule has 47 heavy (non-hydrogen) atoms. The maximum absolute atomic E-state index is 14.0. The summed E-state index contributed by atoms with van der Waals surface area (Å²) >= 11 is 0. The summed E-state index contributed by atoms with van der Waals surface area (Å²) in [5, 5.41) is 0. The first-order valence-electron chi connectivity index (χ1n) is 16.3. The van der Waals surface area contributed by atoms with E-state index in [1.54, 1.807) is 4.90 Å². The highest BCUT2D eigenvalue weighted by Gasteiger charge is 2.41. The molecule has 1 aromatic carbocycles. The van der Waals surface area contributed by atoms with Gasteiger partial charge in [-0.15, -0.1) is 0 Å². The van der Waals surface area contributed by atoms with Crippen LogP contribution >= 0.6 is 0 Å². The Hall–Kier alpha value is -3.65. The van der Waals surface area contributed by atoms with Gasteiger partial charge in [0.05, 0.1) is 22.8 Å². The van der Waals surface area contributed by atoms with Crippen LogP contribution in [0.3, 0.4) is 0 Å². The summed E-state index contributed by atoms with van der Waals surface area (Å²) in [6, 6.07) is 4.39. The first-order chi connectivity index (χ1) is 22.0. The highest BCUT2D eigenvalue weighted by Crippen LogP contribution is 2.46. The molecule has 0 saturated carbocycles. The first kappa shape index (κ1) is 33.3. The van der Waals surface area contributed by atoms with Crippen molar-refractivity contribution in [2.24, 2.45) is 0 Å². The minimum Gasteiger partial charge on any atom is -0.486 e. The molecule has 13 nitrogen and oxygen atoms in total. The largest absolute Gasteiger partial charge is 0.486 e. The zero-order valence-electron chi connectivity index (χ0n) is 28.4. The van der Waals surface area contributed by atoms with E-state index in [0.29, 0.717) is 54.8 Å². The maximum Gasteiger partial charge on any atom is 0.420 e. The van der Waals surface area contributed by atoms with Crippen LogP contribution in [-0.2, 0) is 25.9 Å². The van der Waals surface area contributed by atoms with Gasteiger partial charge in [0, 0.05) is 51.2 Å². The van der Waals surface area contributed by atoms with Gasteiger partial charge >= 0.3 is 12.2 Å². The van der Waals surface area contributed by atoms with Gasteiger partial charge in [-0.3, -0.25) is 4.90 Å². The third-order valence-electron chi connectivity index (χ3n) is 8.92. The number of likely N-dealkylation sites (tertiary alicyclic amines) is 2. The van der Waals surface area contributed by atoms with Crippen molar-refractivity contribution < 1.29 is 32.2 Å². The van der Waals surface area contributed by atoms with Crippen molar-refractivity contribution in [2.45, 2.75) is 84.7 Å². The molecule has 1 atom stereocenters. The summed E-state index contributed by atoms with van der Waals surface area (Å²) in [6.07, 6.45) is 1.45. The number of carbonyl (C=O) groups excluding carboxylic acids is 2. The van der Waals surface area contributed by atoms with Crippen molar-refractivity contribution >= 4 is 39.3 Å². The van der Waals surface area contributed by atoms with E-state index in [0.717, 1.165) is 30.6 Å². The van der Waals surface area contributed by atoms with Gasteiger partial charge in [-0.05, 0) is 72.1 Å². The van der Waals surface area contributed by atoms with E-state index >= 15 is 0 Å². The minimum atomic E-state index is -3.11. The van der Waals surface area contributed by atoms with Gasteiger partial charge in [0.2, 0.25) is 0 Å². The van der Waals surface area contributed by atoms with Crippen LogP contribution < -0.4 is 14.5 Å². The van der Waals surface area contributed by atoms with Gasteiger partial charge in [-0.2, -0.15) is 0 Å². The zero-order chi connectivity index (χ0) is 33.9. The molecule has 2 amide bonds. The number of hydrogen-bond acceptors (Lipinski definition) is 11. The van der Waals surface area contributed by atoms with Crippen LogP contribution in [0.2, 0.25) is 0 Å². The molecule has 2 aromatic rings. The van der Waals surface area contributed by atoms with Gasteiger partial charge in [0.1, 0.15) is 35.7 Å². The van der Waals surface area contributed by atoms with Crippen LogP contribution in [0.5, 0.6) is 5.75 Å². The number of anilines is 3. The third-order valence-corrected chi connectivity index (χ3v) is 10.5. The van der Waals surface area contributed by atoms with Gasteiger partial charge in [0.25, 0.3) is 0 Å². The smallest absolute Gasteiger partial charge is 0.420 e. The zero-order valence-corrected chi connectivity index (χ0v) is 29.2. The number of amides is 2. The Morgan fingerprint density at radius 1 is 0.894 bits per heavy atom. The summed E-state index contributed by atoms with van der Waals surface area (Å²) in [5.74, 6) is 1.76. The molecule has 4 aliphatic heterocycles. The number of ether oxygens (including phenoxy) is 3. The summed E-state index contributed by atoms with van der Waals surface area (Å²) in [5.41, 5.74) is 1.82. The van der Waals surface area contributed by atoms with E-state index in [1.807, 2.05) is 59.4 Å². The van der Waals surface area contributed by atoms with Gasteiger partial charge in [0.15, 0.2) is 15.7 Å². The molecule has 14 heteroatoms. The second kappa shape index (κ2) is 12.1. The number of aromatic nitrogens is 2. The van der Waals surface area contributed by atoms with E-state index in [1.165, 1.54) is 11.2 Å². The predicted molar refractivity (Wildman–Crippen MR) is 177 cm³/mol. The SMILES string of the molecule is Cc1cc(C2CN(C3CCN(C(=O)OC(C)(C)C)C3)C2)cc2c1OCc1c(N3CCS(=O)(=O)CC3)ncnc1N2C(=O)OC(C)(C)C. The third kappa shape index (κ3) is 7.13. The Bertz CT molecular complexity index is 1650. The fourth-order valence-corrected chi connectivity index (χ4v) is 7.79. The molecular formula is C33H46N6O7S. The van der Waals surface area contributed by atoms with Crippen LogP contribution in [0.15, 0.2) is 18.5 Å². The van der Waals surface area contributed by atoms with Crippen LogP contribution in [0.4, 0.5) is 26.9 Å². The van der Waals surface area contributed by atoms with Crippen molar-refractivity contribution in [1.29, 1.82) is 0 Å².